The molecule has 0 aliphatic carbocycles. The monoisotopic (exact) mass is 221 g/mol. The molecule has 3 nitrogen and oxygen atoms in total. The number of benzene rings is 1. The molecule has 76 valence electrons. The highest BCUT2D eigenvalue weighted by atomic mass is 35.5. The van der Waals surface area contributed by atoms with Crippen LogP contribution in [0, 0.1) is 0 Å². The maximum atomic E-state index is 10.8. The average Bonchev–Trinajstić information content (AvgIpc) is 2.28. The Morgan fingerprint density at radius 1 is 1.40 bits per heavy atom. The van der Waals surface area contributed by atoms with Crippen molar-refractivity contribution in [2.75, 3.05) is 6.07 Å². The third kappa shape index (κ3) is 1.92. The average molecular weight is 222 g/mol. The van der Waals surface area contributed by atoms with Crippen molar-refractivity contribution in [2.45, 2.75) is 0 Å². The Morgan fingerprint density at radius 2 is 2.20 bits per heavy atom. The molecular formula is C11H8ClNO2. The molecule has 1 aromatic carbocycles. The van der Waals surface area contributed by atoms with E-state index in [0.29, 0.717) is 12.0 Å². The number of ether oxygens (including phenoxy) is 1. The molecular weight excluding hydrogens is 214 g/mol. The highest BCUT2D eigenvalue weighted by Gasteiger charge is 2.06. The van der Waals surface area contributed by atoms with Gasteiger partial charge in [0.05, 0.1) is 5.52 Å². The Balaban J connectivity index is 2.63. The predicted molar refractivity (Wildman–Crippen MR) is 58.5 cm³/mol. The van der Waals surface area contributed by atoms with Crippen molar-refractivity contribution in [3.63, 3.8) is 0 Å². The fourth-order valence-electron chi connectivity index (χ4n) is 1.37. The van der Waals surface area contributed by atoms with E-state index >= 15 is 0 Å². The number of pyridine rings is 1. The summed E-state index contributed by atoms with van der Waals surface area (Å²) in [7, 11) is 0. The van der Waals surface area contributed by atoms with Crippen LogP contribution < -0.4 is 4.74 Å². The Kier molecular flexibility index (Phi) is 2.83. The summed E-state index contributed by atoms with van der Waals surface area (Å²) in [5.41, 5.74) is 1.04. The van der Waals surface area contributed by atoms with Crippen molar-refractivity contribution in [1.29, 1.82) is 0 Å². The first kappa shape index (κ1) is 9.93. The maximum absolute atomic E-state index is 10.8. The van der Waals surface area contributed by atoms with Crippen molar-refractivity contribution in [2.24, 2.45) is 0 Å². The molecule has 0 aliphatic heterocycles. The summed E-state index contributed by atoms with van der Waals surface area (Å²) < 4.78 is 5.11. The zero-order chi connectivity index (χ0) is 10.7. The van der Waals surface area contributed by atoms with Crippen LogP contribution in [-0.2, 0) is 0 Å². The van der Waals surface area contributed by atoms with Crippen molar-refractivity contribution in [1.82, 2.24) is 4.98 Å². The van der Waals surface area contributed by atoms with E-state index < -0.39 is 0 Å². The molecule has 1 heterocycles. The van der Waals surface area contributed by atoms with Crippen LogP contribution in [0.1, 0.15) is 10.5 Å². The van der Waals surface area contributed by atoms with Gasteiger partial charge in [-0.2, -0.15) is 0 Å². The number of rotatable bonds is 3. The zero-order valence-corrected chi connectivity index (χ0v) is 8.57. The van der Waals surface area contributed by atoms with Crippen LogP contribution in [-0.4, -0.2) is 17.3 Å². The van der Waals surface area contributed by atoms with Gasteiger partial charge in [-0.15, -0.1) is 0 Å². The molecule has 0 unspecified atom stereocenters. The summed E-state index contributed by atoms with van der Waals surface area (Å²) in [4.78, 5) is 14.9. The van der Waals surface area contributed by atoms with Crippen LogP contribution in [0.25, 0.3) is 10.9 Å². The summed E-state index contributed by atoms with van der Waals surface area (Å²) in [6.45, 7) is 0. The van der Waals surface area contributed by atoms with Crippen molar-refractivity contribution in [3.05, 3.63) is 36.0 Å². The van der Waals surface area contributed by atoms with E-state index in [-0.39, 0.29) is 11.8 Å². The molecule has 1 aromatic heterocycles. The predicted octanol–water partition coefficient (Wildman–Crippen LogP) is 2.62. The highest BCUT2D eigenvalue weighted by molar-refractivity contribution is 6.17. The van der Waals surface area contributed by atoms with Crippen LogP contribution in [0.5, 0.6) is 5.75 Å². The molecule has 2 aromatic rings. The molecule has 0 fully saturated rings. The molecule has 0 saturated carbocycles. The van der Waals surface area contributed by atoms with E-state index in [0.717, 1.165) is 10.9 Å². The molecule has 4 heteroatoms. The van der Waals surface area contributed by atoms with E-state index in [2.05, 4.69) is 4.98 Å². The van der Waals surface area contributed by atoms with Gasteiger partial charge < -0.3 is 4.74 Å². The Labute approximate surface area is 91.6 Å². The third-order valence-corrected chi connectivity index (χ3v) is 2.15. The van der Waals surface area contributed by atoms with E-state index in [1.165, 1.54) is 0 Å². The van der Waals surface area contributed by atoms with Gasteiger partial charge in [0.15, 0.2) is 18.1 Å². The minimum Gasteiger partial charge on any atom is -0.475 e. The van der Waals surface area contributed by atoms with E-state index in [1.807, 2.05) is 24.3 Å². The molecule has 0 N–H and O–H groups in total. The van der Waals surface area contributed by atoms with Crippen LogP contribution in [0.3, 0.4) is 0 Å². The Morgan fingerprint density at radius 3 is 2.93 bits per heavy atom. The van der Waals surface area contributed by atoms with Crippen LogP contribution in [0.4, 0.5) is 0 Å². The number of aromatic nitrogens is 1. The smallest absolute Gasteiger partial charge is 0.172 e. The van der Waals surface area contributed by atoms with Crippen molar-refractivity contribution in [3.8, 4) is 5.75 Å². The summed E-state index contributed by atoms with van der Waals surface area (Å²) in [6.07, 6.45) is 0.661. The molecule has 0 atom stereocenters. The lowest BCUT2D eigenvalue weighted by Gasteiger charge is -2.05. The highest BCUT2D eigenvalue weighted by Crippen LogP contribution is 2.21. The fourth-order valence-corrected chi connectivity index (χ4v) is 1.49. The number of nitrogens with zero attached hydrogens (tertiary/aromatic N) is 1. The summed E-state index contributed by atoms with van der Waals surface area (Å²) in [6, 6.07) is 9.27. The minimum atomic E-state index is 0.000853. The number of aldehydes is 1. The number of para-hydroxylation sites is 1. The molecule has 0 amide bonds. The lowest BCUT2D eigenvalue weighted by atomic mass is 10.2. The zero-order valence-electron chi connectivity index (χ0n) is 7.81. The molecule has 0 radical (unpaired) electrons. The van der Waals surface area contributed by atoms with E-state index in [4.69, 9.17) is 16.3 Å². The van der Waals surface area contributed by atoms with Crippen LogP contribution in [0.2, 0.25) is 0 Å². The topological polar surface area (TPSA) is 39.2 Å². The first-order valence-corrected chi connectivity index (χ1v) is 4.92. The van der Waals surface area contributed by atoms with Crippen molar-refractivity contribution < 1.29 is 9.53 Å². The number of alkyl halides is 1. The van der Waals surface area contributed by atoms with Gasteiger partial charge in [-0.25, -0.2) is 4.98 Å². The quantitative estimate of drug-likeness (QED) is 0.591. The first-order valence-electron chi connectivity index (χ1n) is 4.39. The van der Waals surface area contributed by atoms with Gasteiger partial charge in [0.1, 0.15) is 5.69 Å². The molecule has 0 spiro atoms. The normalized spacial score (nSPS) is 10.2. The van der Waals surface area contributed by atoms with Gasteiger partial charge in [0.25, 0.3) is 0 Å². The number of hydrogen-bond donors (Lipinski definition) is 0. The van der Waals surface area contributed by atoms with Gasteiger partial charge >= 0.3 is 0 Å². The Hall–Kier alpha value is -1.61. The van der Waals surface area contributed by atoms with Crippen LogP contribution >= 0.6 is 11.6 Å². The Bertz CT molecular complexity index is 499. The number of halogens is 1. The van der Waals surface area contributed by atoms with Gasteiger partial charge in [-0.05, 0) is 12.1 Å². The summed E-state index contributed by atoms with van der Waals surface area (Å²) in [5, 5.41) is 0.920. The van der Waals surface area contributed by atoms with Gasteiger partial charge in [0.2, 0.25) is 0 Å². The van der Waals surface area contributed by atoms with E-state index in [1.54, 1.807) is 6.07 Å². The number of fused-ring (bicyclic) bond motifs is 1. The van der Waals surface area contributed by atoms with Crippen LogP contribution in [0.15, 0.2) is 30.3 Å². The summed E-state index contributed by atoms with van der Waals surface area (Å²) in [5.74, 6) is 0.415. The fraction of sp³-hybridized carbons (Fsp3) is 0.0909. The second-order valence-corrected chi connectivity index (χ2v) is 3.15. The third-order valence-electron chi connectivity index (χ3n) is 2.04. The largest absolute Gasteiger partial charge is 0.475 e. The molecule has 2 rings (SSSR count). The standard InChI is InChI=1S/C11H8ClNO2/c12-7-15-11-5-8-3-1-2-4-9(8)13-10(11)6-14/h1-6H,7H2. The second-order valence-electron chi connectivity index (χ2n) is 2.94. The maximum Gasteiger partial charge on any atom is 0.172 e. The van der Waals surface area contributed by atoms with Gasteiger partial charge in [0, 0.05) is 5.39 Å². The number of carbonyl (C=O) groups is 1. The van der Waals surface area contributed by atoms with Crippen molar-refractivity contribution >= 4 is 28.8 Å². The number of hydrogen-bond acceptors (Lipinski definition) is 3. The van der Waals surface area contributed by atoms with Gasteiger partial charge in [-0.3, -0.25) is 4.79 Å². The second kappa shape index (κ2) is 4.28. The minimum absolute atomic E-state index is 0.000853. The lowest BCUT2D eigenvalue weighted by molar-refractivity contribution is 0.111. The molecule has 0 aliphatic rings. The summed E-state index contributed by atoms with van der Waals surface area (Å²) >= 11 is 5.45. The SMILES string of the molecule is O=Cc1nc2ccccc2cc1OCCl. The number of carbonyl (C=O) groups excluding carboxylic acids is 1. The lowest BCUT2D eigenvalue weighted by Crippen LogP contribution is -1.97. The van der Waals surface area contributed by atoms with E-state index in [9.17, 15) is 4.79 Å². The molecule has 0 bridgehead atoms. The molecule has 0 saturated heterocycles. The molecule has 15 heavy (non-hydrogen) atoms. The first-order chi connectivity index (χ1) is 7.35. The van der Waals surface area contributed by atoms with Gasteiger partial charge in [-0.1, -0.05) is 29.8 Å².